The first kappa shape index (κ1) is 16.2. The first-order valence-electron chi connectivity index (χ1n) is 5.86. The van der Waals surface area contributed by atoms with E-state index in [4.69, 9.17) is 15.2 Å². The third-order valence-electron chi connectivity index (χ3n) is 1.64. The second kappa shape index (κ2) is 6.21. The van der Waals surface area contributed by atoms with E-state index in [0.29, 0.717) is 13.2 Å². The topological polar surface area (TPSA) is 73.6 Å². The fourth-order valence-corrected chi connectivity index (χ4v) is 0.945. The van der Waals surface area contributed by atoms with Gasteiger partial charge in [-0.15, -0.1) is 0 Å². The monoisotopic (exact) mass is 246 g/mol. The molecule has 0 aliphatic carbocycles. The number of carbonyl (C=O) groups is 1. The summed E-state index contributed by atoms with van der Waals surface area (Å²) in [5.74, 6) is 0. The zero-order valence-corrected chi connectivity index (χ0v) is 11.8. The summed E-state index contributed by atoms with van der Waals surface area (Å²) in [7, 11) is 0. The van der Waals surface area contributed by atoms with Gasteiger partial charge in [0.1, 0.15) is 5.60 Å². The Labute approximate surface area is 104 Å². The minimum absolute atomic E-state index is 0.219. The lowest BCUT2D eigenvalue weighted by Gasteiger charge is -2.23. The van der Waals surface area contributed by atoms with Crippen LogP contribution in [0.25, 0.3) is 0 Å². The van der Waals surface area contributed by atoms with Gasteiger partial charge in [-0.25, -0.2) is 4.79 Å². The smallest absolute Gasteiger partial charge is 0.407 e. The molecule has 102 valence electrons. The van der Waals surface area contributed by atoms with Crippen molar-refractivity contribution in [1.29, 1.82) is 0 Å². The van der Waals surface area contributed by atoms with Crippen molar-refractivity contribution in [3.05, 3.63) is 0 Å². The molecule has 0 fully saturated rings. The van der Waals surface area contributed by atoms with Crippen LogP contribution in [0, 0.1) is 0 Å². The van der Waals surface area contributed by atoms with Crippen LogP contribution in [0.5, 0.6) is 0 Å². The standard InChI is InChI=1S/C12H26N2O3/c1-11(2,3)16-8-9(13)7-14-10(15)17-12(4,5)6/h9H,7-8,13H2,1-6H3,(H,14,15). The summed E-state index contributed by atoms with van der Waals surface area (Å²) in [5, 5.41) is 2.61. The molecule has 0 saturated carbocycles. The van der Waals surface area contributed by atoms with Gasteiger partial charge < -0.3 is 20.5 Å². The highest BCUT2D eigenvalue weighted by molar-refractivity contribution is 5.67. The number of nitrogens with one attached hydrogen (secondary N) is 1. The van der Waals surface area contributed by atoms with Gasteiger partial charge in [0.2, 0.25) is 0 Å². The lowest BCUT2D eigenvalue weighted by Crippen LogP contribution is -2.43. The van der Waals surface area contributed by atoms with Gasteiger partial charge in [0.15, 0.2) is 0 Å². The van der Waals surface area contributed by atoms with E-state index in [1.54, 1.807) is 0 Å². The SMILES string of the molecule is CC(C)(C)OCC(N)CNC(=O)OC(C)(C)C. The number of rotatable bonds is 4. The van der Waals surface area contributed by atoms with Crippen LogP contribution in [0.4, 0.5) is 4.79 Å². The molecule has 1 amide bonds. The van der Waals surface area contributed by atoms with Crippen molar-refractivity contribution in [2.75, 3.05) is 13.2 Å². The Hall–Kier alpha value is -0.810. The second-order valence-electron chi connectivity index (χ2n) is 6.07. The number of hydrogen-bond donors (Lipinski definition) is 2. The molecule has 3 N–H and O–H groups in total. The zero-order valence-electron chi connectivity index (χ0n) is 11.8. The number of alkyl carbamates (subject to hydrolysis) is 1. The first-order chi connectivity index (χ1) is 7.49. The summed E-state index contributed by atoms with van der Waals surface area (Å²) in [6.45, 7) is 12.1. The fraction of sp³-hybridized carbons (Fsp3) is 0.917. The van der Waals surface area contributed by atoms with Gasteiger partial charge in [-0.1, -0.05) is 0 Å². The molecule has 0 spiro atoms. The molecule has 0 aromatic heterocycles. The van der Waals surface area contributed by atoms with Gasteiger partial charge in [0.25, 0.3) is 0 Å². The van der Waals surface area contributed by atoms with Crippen LogP contribution in [0.3, 0.4) is 0 Å². The predicted molar refractivity (Wildman–Crippen MR) is 67.9 cm³/mol. The third-order valence-corrected chi connectivity index (χ3v) is 1.64. The minimum atomic E-state index is -0.490. The van der Waals surface area contributed by atoms with Gasteiger partial charge in [0, 0.05) is 12.6 Å². The van der Waals surface area contributed by atoms with Crippen LogP contribution >= 0.6 is 0 Å². The summed E-state index contributed by atoms with van der Waals surface area (Å²) in [6.07, 6.45) is -0.455. The van der Waals surface area contributed by atoms with Gasteiger partial charge in [-0.3, -0.25) is 0 Å². The van der Waals surface area contributed by atoms with Crippen molar-refractivity contribution in [2.45, 2.75) is 58.8 Å². The maximum absolute atomic E-state index is 11.3. The first-order valence-corrected chi connectivity index (χ1v) is 5.86. The van der Waals surface area contributed by atoms with Crippen molar-refractivity contribution in [3.8, 4) is 0 Å². The Morgan fingerprint density at radius 3 is 2.12 bits per heavy atom. The molecule has 0 aliphatic heterocycles. The van der Waals surface area contributed by atoms with Crippen LogP contribution in [-0.2, 0) is 9.47 Å². The second-order valence-corrected chi connectivity index (χ2v) is 6.07. The Morgan fingerprint density at radius 1 is 1.18 bits per heavy atom. The normalized spacial score (nSPS) is 14.3. The summed E-state index contributed by atoms with van der Waals surface area (Å²) < 4.78 is 10.6. The van der Waals surface area contributed by atoms with Gasteiger partial charge in [-0.05, 0) is 41.5 Å². The number of ether oxygens (including phenoxy) is 2. The highest BCUT2D eigenvalue weighted by atomic mass is 16.6. The van der Waals surface area contributed by atoms with Crippen molar-refractivity contribution < 1.29 is 14.3 Å². The highest BCUT2D eigenvalue weighted by Gasteiger charge is 2.17. The lowest BCUT2D eigenvalue weighted by molar-refractivity contribution is -0.0101. The lowest BCUT2D eigenvalue weighted by atomic mass is 10.2. The quantitative estimate of drug-likeness (QED) is 0.791. The molecule has 0 bridgehead atoms. The number of nitrogens with two attached hydrogens (primary N) is 1. The number of carbonyl (C=O) groups excluding carboxylic acids is 1. The molecule has 0 aliphatic rings. The molecule has 0 radical (unpaired) electrons. The maximum atomic E-state index is 11.3. The van der Waals surface area contributed by atoms with Crippen LogP contribution in [-0.4, -0.2) is 36.5 Å². The average molecular weight is 246 g/mol. The molecular formula is C12H26N2O3. The molecule has 1 unspecified atom stereocenters. The van der Waals surface area contributed by atoms with Crippen LogP contribution in [0.1, 0.15) is 41.5 Å². The fourth-order valence-electron chi connectivity index (χ4n) is 0.945. The van der Waals surface area contributed by atoms with Crippen molar-refractivity contribution in [2.24, 2.45) is 5.73 Å². The number of amides is 1. The summed E-state index contributed by atoms with van der Waals surface area (Å²) in [5.41, 5.74) is 5.09. The molecule has 0 saturated heterocycles. The summed E-state index contributed by atoms with van der Waals surface area (Å²) in [6, 6.07) is -0.234. The Bertz CT molecular complexity index is 241. The van der Waals surface area contributed by atoms with E-state index in [9.17, 15) is 4.79 Å². The van der Waals surface area contributed by atoms with E-state index in [1.807, 2.05) is 41.5 Å². The maximum Gasteiger partial charge on any atom is 0.407 e. The molecule has 5 nitrogen and oxygen atoms in total. The summed E-state index contributed by atoms with van der Waals surface area (Å²) >= 11 is 0. The molecular weight excluding hydrogens is 220 g/mol. The molecule has 17 heavy (non-hydrogen) atoms. The Kier molecular flexibility index (Phi) is 5.92. The van der Waals surface area contributed by atoms with Crippen molar-refractivity contribution in [1.82, 2.24) is 5.32 Å². The Morgan fingerprint density at radius 2 is 1.71 bits per heavy atom. The van der Waals surface area contributed by atoms with Crippen LogP contribution < -0.4 is 11.1 Å². The van der Waals surface area contributed by atoms with Crippen molar-refractivity contribution in [3.63, 3.8) is 0 Å². The van der Waals surface area contributed by atoms with E-state index in [2.05, 4.69) is 5.32 Å². The molecule has 1 atom stereocenters. The van der Waals surface area contributed by atoms with E-state index in [-0.39, 0.29) is 11.6 Å². The van der Waals surface area contributed by atoms with Crippen LogP contribution in [0.15, 0.2) is 0 Å². The predicted octanol–water partition coefficient (Wildman–Crippen LogP) is 1.65. The minimum Gasteiger partial charge on any atom is -0.444 e. The molecule has 0 aromatic carbocycles. The molecule has 0 rings (SSSR count). The highest BCUT2D eigenvalue weighted by Crippen LogP contribution is 2.07. The van der Waals surface area contributed by atoms with Crippen molar-refractivity contribution >= 4 is 6.09 Å². The zero-order chi connectivity index (χ0) is 13.7. The van der Waals surface area contributed by atoms with Gasteiger partial charge >= 0.3 is 6.09 Å². The number of hydrogen-bond acceptors (Lipinski definition) is 4. The van der Waals surface area contributed by atoms with E-state index >= 15 is 0 Å². The third kappa shape index (κ3) is 11.5. The largest absolute Gasteiger partial charge is 0.444 e. The Balaban J connectivity index is 3.77. The van der Waals surface area contributed by atoms with E-state index in [0.717, 1.165) is 0 Å². The van der Waals surface area contributed by atoms with Gasteiger partial charge in [0.05, 0.1) is 12.2 Å². The van der Waals surface area contributed by atoms with E-state index in [1.165, 1.54) is 0 Å². The van der Waals surface area contributed by atoms with Gasteiger partial charge in [-0.2, -0.15) is 0 Å². The molecule has 0 heterocycles. The summed E-state index contributed by atoms with van der Waals surface area (Å²) in [4.78, 5) is 11.3. The van der Waals surface area contributed by atoms with Crippen LogP contribution in [0.2, 0.25) is 0 Å². The molecule has 0 aromatic rings. The molecule has 5 heteroatoms. The van der Waals surface area contributed by atoms with E-state index < -0.39 is 11.7 Å². The average Bonchev–Trinajstić information content (AvgIpc) is 2.07.